The summed E-state index contributed by atoms with van der Waals surface area (Å²) < 4.78 is 2.01. The summed E-state index contributed by atoms with van der Waals surface area (Å²) in [5.41, 5.74) is 2.11. The molecule has 146 valence electrons. The van der Waals surface area contributed by atoms with Crippen LogP contribution < -0.4 is 5.32 Å². The van der Waals surface area contributed by atoms with Crippen LogP contribution in [0.5, 0.6) is 0 Å². The Labute approximate surface area is 161 Å². The topological polar surface area (TPSA) is 57.6 Å². The molecule has 2 rings (SSSR count). The molecule has 0 fully saturated rings. The van der Waals surface area contributed by atoms with Crippen LogP contribution in [0, 0.1) is 0 Å². The van der Waals surface area contributed by atoms with Crippen LogP contribution in [-0.2, 0) is 24.9 Å². The zero-order valence-electron chi connectivity index (χ0n) is 16.7. The first kappa shape index (κ1) is 20.6. The lowest BCUT2D eigenvalue weighted by atomic mass is 10.2. The van der Waals surface area contributed by atoms with E-state index in [1.54, 1.807) is 9.80 Å². The highest BCUT2D eigenvalue weighted by atomic mass is 16.2. The number of rotatable bonds is 8. The SMILES string of the molecule is CCNC(=O)N(CC(=O)N(Cc1ccccc1)Cc1cccn1C)C(C)C. The molecule has 0 radical (unpaired) electrons. The quantitative estimate of drug-likeness (QED) is 0.777. The maximum absolute atomic E-state index is 13.1. The first-order valence-electron chi connectivity index (χ1n) is 9.38. The van der Waals surface area contributed by atoms with Crippen molar-refractivity contribution in [3.63, 3.8) is 0 Å². The molecule has 2 aromatic rings. The largest absolute Gasteiger partial charge is 0.353 e. The lowest BCUT2D eigenvalue weighted by Gasteiger charge is -2.30. The number of hydrogen-bond acceptors (Lipinski definition) is 2. The Hall–Kier alpha value is -2.76. The van der Waals surface area contributed by atoms with E-state index < -0.39 is 0 Å². The number of amides is 3. The van der Waals surface area contributed by atoms with Crippen molar-refractivity contribution in [2.45, 2.75) is 39.9 Å². The predicted octanol–water partition coefficient (Wildman–Crippen LogP) is 2.99. The van der Waals surface area contributed by atoms with E-state index in [2.05, 4.69) is 5.32 Å². The van der Waals surface area contributed by atoms with Gasteiger partial charge in [-0.15, -0.1) is 0 Å². The van der Waals surface area contributed by atoms with Gasteiger partial charge in [-0.3, -0.25) is 4.79 Å². The number of hydrogen-bond donors (Lipinski definition) is 1. The van der Waals surface area contributed by atoms with Gasteiger partial charge >= 0.3 is 6.03 Å². The highest BCUT2D eigenvalue weighted by Gasteiger charge is 2.23. The molecule has 0 saturated heterocycles. The van der Waals surface area contributed by atoms with Crippen LogP contribution in [-0.4, -0.2) is 45.4 Å². The molecule has 0 spiro atoms. The van der Waals surface area contributed by atoms with Gasteiger partial charge in [-0.1, -0.05) is 30.3 Å². The number of aromatic nitrogens is 1. The van der Waals surface area contributed by atoms with Gasteiger partial charge in [0.2, 0.25) is 5.91 Å². The Kier molecular flexibility index (Phi) is 7.46. The molecule has 27 heavy (non-hydrogen) atoms. The van der Waals surface area contributed by atoms with Crippen LogP contribution in [0.25, 0.3) is 0 Å². The number of nitrogens with one attached hydrogen (secondary N) is 1. The molecule has 6 heteroatoms. The minimum absolute atomic E-state index is 0.0563. The molecule has 0 aliphatic carbocycles. The van der Waals surface area contributed by atoms with Crippen molar-refractivity contribution >= 4 is 11.9 Å². The molecule has 0 aliphatic heterocycles. The third kappa shape index (κ3) is 5.88. The molecule has 0 saturated carbocycles. The van der Waals surface area contributed by atoms with Crippen LogP contribution >= 0.6 is 0 Å². The van der Waals surface area contributed by atoms with Crippen molar-refractivity contribution in [3.8, 4) is 0 Å². The van der Waals surface area contributed by atoms with Gasteiger partial charge in [0.05, 0.1) is 6.54 Å². The summed E-state index contributed by atoms with van der Waals surface area (Å²) >= 11 is 0. The molecule has 0 atom stereocenters. The Morgan fingerprint density at radius 2 is 1.78 bits per heavy atom. The number of urea groups is 1. The molecule has 1 aromatic carbocycles. The first-order valence-corrected chi connectivity index (χ1v) is 9.38. The fourth-order valence-electron chi connectivity index (χ4n) is 2.88. The van der Waals surface area contributed by atoms with Crippen molar-refractivity contribution in [2.24, 2.45) is 7.05 Å². The number of aryl methyl sites for hydroxylation is 1. The molecule has 6 nitrogen and oxygen atoms in total. The Balaban J connectivity index is 2.18. The van der Waals surface area contributed by atoms with E-state index >= 15 is 0 Å². The van der Waals surface area contributed by atoms with E-state index in [4.69, 9.17) is 0 Å². The minimum atomic E-state index is -0.209. The highest BCUT2D eigenvalue weighted by Crippen LogP contribution is 2.12. The molecule has 1 heterocycles. The van der Waals surface area contributed by atoms with Crippen molar-refractivity contribution in [1.29, 1.82) is 0 Å². The summed E-state index contributed by atoms with van der Waals surface area (Å²) in [6.45, 7) is 7.30. The maximum atomic E-state index is 13.1. The molecule has 1 aromatic heterocycles. The van der Waals surface area contributed by atoms with E-state index in [0.717, 1.165) is 11.3 Å². The molecule has 1 N–H and O–H groups in total. The van der Waals surface area contributed by atoms with E-state index in [1.165, 1.54) is 0 Å². The Bertz CT molecular complexity index is 740. The summed E-state index contributed by atoms with van der Waals surface area (Å²) in [6, 6.07) is 13.6. The highest BCUT2D eigenvalue weighted by molar-refractivity contribution is 5.84. The van der Waals surface area contributed by atoms with Crippen LogP contribution in [0.4, 0.5) is 4.79 Å². The van der Waals surface area contributed by atoms with Crippen LogP contribution in [0.2, 0.25) is 0 Å². The summed E-state index contributed by atoms with van der Waals surface area (Å²) in [7, 11) is 1.97. The minimum Gasteiger partial charge on any atom is -0.353 e. The zero-order valence-corrected chi connectivity index (χ0v) is 16.7. The average molecular weight is 370 g/mol. The molecule has 0 unspecified atom stereocenters. The van der Waals surface area contributed by atoms with E-state index in [9.17, 15) is 9.59 Å². The predicted molar refractivity (Wildman–Crippen MR) is 107 cm³/mol. The molecule has 3 amide bonds. The Morgan fingerprint density at radius 3 is 2.33 bits per heavy atom. The summed E-state index contributed by atoms with van der Waals surface area (Å²) in [5, 5.41) is 2.79. The monoisotopic (exact) mass is 370 g/mol. The van der Waals surface area contributed by atoms with Crippen molar-refractivity contribution in [3.05, 3.63) is 59.9 Å². The summed E-state index contributed by atoms with van der Waals surface area (Å²) in [5.74, 6) is -0.0694. The van der Waals surface area contributed by atoms with Crippen molar-refractivity contribution < 1.29 is 9.59 Å². The van der Waals surface area contributed by atoms with Gasteiger partial charge in [-0.25, -0.2) is 4.79 Å². The standard InChI is InChI=1S/C21H30N4O2/c1-5-22-21(27)25(17(2)3)16-20(26)24(14-18-10-7-6-8-11-18)15-19-12-9-13-23(19)4/h6-13,17H,5,14-16H2,1-4H3,(H,22,27). The molecule has 0 bridgehead atoms. The fraction of sp³-hybridized carbons (Fsp3) is 0.429. The number of carbonyl (C=O) groups is 2. The van der Waals surface area contributed by atoms with Crippen LogP contribution in [0.3, 0.4) is 0 Å². The number of benzene rings is 1. The van der Waals surface area contributed by atoms with E-state index in [1.807, 2.05) is 81.0 Å². The smallest absolute Gasteiger partial charge is 0.318 e. The van der Waals surface area contributed by atoms with Gasteiger partial charge in [-0.05, 0) is 38.5 Å². The lowest BCUT2D eigenvalue weighted by Crippen LogP contribution is -2.49. The number of carbonyl (C=O) groups excluding carboxylic acids is 2. The van der Waals surface area contributed by atoms with E-state index in [-0.39, 0.29) is 24.5 Å². The number of nitrogens with zero attached hydrogens (tertiary/aromatic N) is 3. The third-order valence-electron chi connectivity index (χ3n) is 4.49. The maximum Gasteiger partial charge on any atom is 0.318 e. The average Bonchev–Trinajstić information content (AvgIpc) is 3.04. The molecular weight excluding hydrogens is 340 g/mol. The van der Waals surface area contributed by atoms with Crippen LogP contribution in [0.1, 0.15) is 32.0 Å². The summed E-state index contributed by atoms with van der Waals surface area (Å²) in [6.07, 6.45) is 1.97. The van der Waals surface area contributed by atoms with Gasteiger partial charge in [-0.2, -0.15) is 0 Å². The van der Waals surface area contributed by atoms with E-state index in [0.29, 0.717) is 19.6 Å². The third-order valence-corrected chi connectivity index (χ3v) is 4.49. The normalized spacial score (nSPS) is 10.7. The van der Waals surface area contributed by atoms with Gasteiger partial charge in [0.25, 0.3) is 0 Å². The molecule has 0 aliphatic rings. The Morgan fingerprint density at radius 1 is 1.07 bits per heavy atom. The summed E-state index contributed by atoms with van der Waals surface area (Å²) in [4.78, 5) is 28.8. The molecular formula is C21H30N4O2. The van der Waals surface area contributed by atoms with Crippen LogP contribution in [0.15, 0.2) is 48.7 Å². The van der Waals surface area contributed by atoms with Gasteiger partial charge < -0.3 is 19.7 Å². The van der Waals surface area contributed by atoms with Crippen molar-refractivity contribution in [2.75, 3.05) is 13.1 Å². The zero-order chi connectivity index (χ0) is 19.8. The van der Waals surface area contributed by atoms with Gasteiger partial charge in [0, 0.05) is 38.1 Å². The first-order chi connectivity index (χ1) is 12.9. The van der Waals surface area contributed by atoms with Gasteiger partial charge in [0.1, 0.15) is 6.54 Å². The fourth-order valence-corrected chi connectivity index (χ4v) is 2.88. The second kappa shape index (κ2) is 9.80. The lowest BCUT2D eigenvalue weighted by molar-refractivity contribution is -0.133. The second-order valence-electron chi connectivity index (χ2n) is 6.90. The van der Waals surface area contributed by atoms with Gasteiger partial charge in [0.15, 0.2) is 0 Å². The second-order valence-corrected chi connectivity index (χ2v) is 6.90. The van der Waals surface area contributed by atoms with Crippen molar-refractivity contribution in [1.82, 2.24) is 19.7 Å².